The van der Waals surface area contributed by atoms with Crippen LogP contribution in [0.15, 0.2) is 30.4 Å². The van der Waals surface area contributed by atoms with Crippen LogP contribution < -0.4 is 0 Å². The summed E-state index contributed by atoms with van der Waals surface area (Å²) >= 11 is 0. The molecular weight excluding hydrogens is 232 g/mol. The molecule has 92 valence electrons. The van der Waals surface area contributed by atoms with E-state index in [1.54, 1.807) is 37.3 Å². The van der Waals surface area contributed by atoms with Crippen LogP contribution in [0, 0.1) is 5.92 Å². The minimum Gasteiger partial charge on any atom is -0.481 e. The standard InChI is InChI=1S/C14H12O4/c1-2-10-11-5-4-9(13(15)16)7-8(11)3-6-12(10)14(17)18/h2-7,12H,1H3,(H,15,16)(H,17,18). The molecule has 0 heterocycles. The van der Waals surface area contributed by atoms with Gasteiger partial charge in [-0.1, -0.05) is 24.3 Å². The van der Waals surface area contributed by atoms with Gasteiger partial charge in [-0.2, -0.15) is 0 Å². The SMILES string of the molecule is CC=C1c2ccc(C(=O)O)cc2C=CC1C(=O)O. The Labute approximate surface area is 104 Å². The zero-order chi connectivity index (χ0) is 13.3. The Bertz CT molecular complexity index is 581. The van der Waals surface area contributed by atoms with E-state index in [9.17, 15) is 9.59 Å². The topological polar surface area (TPSA) is 74.6 Å². The molecule has 0 saturated carbocycles. The second kappa shape index (κ2) is 4.49. The predicted molar refractivity (Wildman–Crippen MR) is 67.2 cm³/mol. The number of hydrogen-bond donors (Lipinski definition) is 2. The maximum atomic E-state index is 11.1. The summed E-state index contributed by atoms with van der Waals surface area (Å²) in [6, 6.07) is 4.70. The average molecular weight is 244 g/mol. The lowest BCUT2D eigenvalue weighted by atomic mass is 9.83. The van der Waals surface area contributed by atoms with E-state index in [1.807, 2.05) is 0 Å². The van der Waals surface area contributed by atoms with Gasteiger partial charge in [-0.3, -0.25) is 4.79 Å². The van der Waals surface area contributed by atoms with Crippen LogP contribution in [0.5, 0.6) is 0 Å². The Hall–Kier alpha value is -2.36. The van der Waals surface area contributed by atoms with E-state index in [0.29, 0.717) is 5.57 Å². The number of fused-ring (bicyclic) bond motifs is 1. The van der Waals surface area contributed by atoms with Gasteiger partial charge in [-0.15, -0.1) is 0 Å². The van der Waals surface area contributed by atoms with E-state index in [-0.39, 0.29) is 5.56 Å². The summed E-state index contributed by atoms with van der Waals surface area (Å²) in [5.41, 5.74) is 2.40. The molecule has 0 saturated heterocycles. The molecule has 0 bridgehead atoms. The lowest BCUT2D eigenvalue weighted by Crippen LogP contribution is -2.16. The lowest BCUT2D eigenvalue weighted by molar-refractivity contribution is -0.138. The van der Waals surface area contributed by atoms with Crippen molar-refractivity contribution < 1.29 is 19.8 Å². The molecule has 0 aromatic heterocycles. The van der Waals surface area contributed by atoms with Crippen molar-refractivity contribution in [3.8, 4) is 0 Å². The van der Waals surface area contributed by atoms with Crippen molar-refractivity contribution >= 4 is 23.6 Å². The van der Waals surface area contributed by atoms with Gasteiger partial charge in [0, 0.05) is 0 Å². The molecule has 1 aromatic carbocycles. The average Bonchev–Trinajstić information content (AvgIpc) is 2.36. The molecule has 1 aliphatic rings. The number of hydrogen-bond acceptors (Lipinski definition) is 2. The number of benzene rings is 1. The van der Waals surface area contributed by atoms with Gasteiger partial charge in [0.1, 0.15) is 5.92 Å². The molecule has 4 nitrogen and oxygen atoms in total. The molecule has 1 atom stereocenters. The summed E-state index contributed by atoms with van der Waals surface area (Å²) in [6.45, 7) is 1.78. The maximum absolute atomic E-state index is 11.1. The minimum atomic E-state index is -0.992. The summed E-state index contributed by atoms with van der Waals surface area (Å²) in [5, 5.41) is 18.0. The number of carboxylic acid groups (broad SMARTS) is 2. The smallest absolute Gasteiger partial charge is 0.335 e. The van der Waals surface area contributed by atoms with Crippen LogP contribution in [0.4, 0.5) is 0 Å². The highest BCUT2D eigenvalue weighted by atomic mass is 16.4. The van der Waals surface area contributed by atoms with Gasteiger partial charge < -0.3 is 10.2 Å². The fourth-order valence-electron chi connectivity index (χ4n) is 2.12. The van der Waals surface area contributed by atoms with Crippen LogP contribution in [-0.2, 0) is 4.79 Å². The molecule has 1 aromatic rings. The normalized spacial score (nSPS) is 19.6. The van der Waals surface area contributed by atoms with Gasteiger partial charge in [-0.05, 0) is 35.8 Å². The summed E-state index contributed by atoms with van der Waals surface area (Å²) in [7, 11) is 0. The minimum absolute atomic E-state index is 0.197. The molecular formula is C14H12O4. The van der Waals surface area contributed by atoms with Gasteiger partial charge in [0.05, 0.1) is 5.56 Å². The third kappa shape index (κ3) is 1.93. The Morgan fingerprint density at radius 3 is 2.56 bits per heavy atom. The van der Waals surface area contributed by atoms with Crippen LogP contribution in [0.2, 0.25) is 0 Å². The molecule has 4 heteroatoms. The molecule has 1 aliphatic carbocycles. The van der Waals surface area contributed by atoms with Crippen molar-refractivity contribution in [1.29, 1.82) is 0 Å². The first-order valence-corrected chi connectivity index (χ1v) is 5.49. The van der Waals surface area contributed by atoms with E-state index in [0.717, 1.165) is 11.1 Å². The molecule has 0 amide bonds. The number of carboxylic acids is 2. The van der Waals surface area contributed by atoms with Crippen molar-refractivity contribution in [3.63, 3.8) is 0 Å². The van der Waals surface area contributed by atoms with E-state index < -0.39 is 17.9 Å². The summed E-state index contributed by atoms with van der Waals surface area (Å²) in [4.78, 5) is 22.0. The first-order valence-electron chi connectivity index (χ1n) is 5.49. The quantitative estimate of drug-likeness (QED) is 0.838. The van der Waals surface area contributed by atoms with Crippen LogP contribution >= 0.6 is 0 Å². The van der Waals surface area contributed by atoms with Gasteiger partial charge in [0.15, 0.2) is 0 Å². The van der Waals surface area contributed by atoms with Gasteiger partial charge >= 0.3 is 11.9 Å². The number of carbonyl (C=O) groups is 2. The molecule has 0 spiro atoms. The largest absolute Gasteiger partial charge is 0.481 e. The van der Waals surface area contributed by atoms with E-state index >= 15 is 0 Å². The number of aromatic carboxylic acids is 1. The maximum Gasteiger partial charge on any atom is 0.335 e. The highest BCUT2D eigenvalue weighted by molar-refractivity contribution is 5.96. The third-order valence-electron chi connectivity index (χ3n) is 2.99. The fraction of sp³-hybridized carbons (Fsp3) is 0.143. The van der Waals surface area contributed by atoms with E-state index in [2.05, 4.69) is 0 Å². The molecule has 2 N–H and O–H groups in total. The summed E-state index contributed by atoms with van der Waals surface area (Å²) in [6.07, 6.45) is 4.99. The van der Waals surface area contributed by atoms with Crippen molar-refractivity contribution in [2.24, 2.45) is 5.92 Å². The van der Waals surface area contributed by atoms with E-state index in [4.69, 9.17) is 10.2 Å². The van der Waals surface area contributed by atoms with Gasteiger partial charge in [0.2, 0.25) is 0 Å². The lowest BCUT2D eigenvalue weighted by Gasteiger charge is -2.20. The Kier molecular flexibility index (Phi) is 3.02. The Morgan fingerprint density at radius 2 is 2.00 bits per heavy atom. The van der Waals surface area contributed by atoms with Gasteiger partial charge in [0.25, 0.3) is 0 Å². The molecule has 18 heavy (non-hydrogen) atoms. The number of rotatable bonds is 2. The van der Waals surface area contributed by atoms with E-state index in [1.165, 1.54) is 6.07 Å². The zero-order valence-electron chi connectivity index (χ0n) is 9.75. The monoisotopic (exact) mass is 244 g/mol. The van der Waals surface area contributed by atoms with Crippen molar-refractivity contribution in [1.82, 2.24) is 0 Å². The van der Waals surface area contributed by atoms with Crippen molar-refractivity contribution in [2.45, 2.75) is 6.92 Å². The first kappa shape index (κ1) is 12.1. The van der Waals surface area contributed by atoms with Crippen LogP contribution in [0.3, 0.4) is 0 Å². The first-order chi connectivity index (χ1) is 8.54. The molecule has 1 unspecified atom stereocenters. The second-order valence-corrected chi connectivity index (χ2v) is 4.03. The summed E-state index contributed by atoms with van der Waals surface area (Å²) in [5.74, 6) is -2.57. The second-order valence-electron chi connectivity index (χ2n) is 4.03. The third-order valence-corrected chi connectivity index (χ3v) is 2.99. The number of aliphatic carboxylic acids is 1. The van der Waals surface area contributed by atoms with Crippen LogP contribution in [0.25, 0.3) is 11.6 Å². The van der Waals surface area contributed by atoms with Crippen molar-refractivity contribution in [2.75, 3.05) is 0 Å². The highest BCUT2D eigenvalue weighted by Gasteiger charge is 2.25. The predicted octanol–water partition coefficient (Wildman–Crippen LogP) is 2.52. The molecule has 0 fully saturated rings. The van der Waals surface area contributed by atoms with Crippen LogP contribution in [0.1, 0.15) is 28.4 Å². The number of allylic oxidation sites excluding steroid dienone is 1. The molecule has 0 radical (unpaired) electrons. The van der Waals surface area contributed by atoms with Crippen LogP contribution in [-0.4, -0.2) is 22.2 Å². The Balaban J connectivity index is 2.55. The van der Waals surface area contributed by atoms with Crippen molar-refractivity contribution in [3.05, 3.63) is 47.0 Å². The zero-order valence-corrected chi connectivity index (χ0v) is 9.75. The Morgan fingerprint density at radius 1 is 1.28 bits per heavy atom. The summed E-state index contributed by atoms with van der Waals surface area (Å²) < 4.78 is 0. The molecule has 0 aliphatic heterocycles. The highest BCUT2D eigenvalue weighted by Crippen LogP contribution is 2.33. The van der Waals surface area contributed by atoms with Gasteiger partial charge in [-0.25, -0.2) is 4.79 Å². The fourth-order valence-corrected chi connectivity index (χ4v) is 2.12. The molecule has 2 rings (SSSR count).